The first kappa shape index (κ1) is 22.9. The van der Waals surface area contributed by atoms with Gasteiger partial charge in [0.15, 0.2) is 0 Å². The maximum Gasteiger partial charge on any atom is 0.255 e. The average molecular weight is 467 g/mol. The van der Waals surface area contributed by atoms with E-state index in [1.165, 1.54) is 11.4 Å². The van der Waals surface area contributed by atoms with E-state index in [4.69, 9.17) is 0 Å². The summed E-state index contributed by atoms with van der Waals surface area (Å²) in [5.74, 6) is -0.104. The molecule has 0 aliphatic carbocycles. The molecule has 1 saturated heterocycles. The fraction of sp³-hybridized carbons (Fsp3) is 0.207. The number of quaternary nitrogens is 1. The fourth-order valence-corrected chi connectivity index (χ4v) is 4.44. The first-order valence-corrected chi connectivity index (χ1v) is 12.0. The number of anilines is 4. The number of carbonyl (C=O) groups excluding carboxylic acids is 1. The highest BCUT2D eigenvalue weighted by Crippen LogP contribution is 2.28. The molecule has 2 aliphatic heterocycles. The molecule has 0 radical (unpaired) electrons. The summed E-state index contributed by atoms with van der Waals surface area (Å²) in [5.41, 5.74) is 5.78. The fourth-order valence-electron chi connectivity index (χ4n) is 4.44. The Labute approximate surface area is 207 Å². The zero-order chi connectivity index (χ0) is 24.3. The molecule has 0 saturated carbocycles. The predicted octanol–water partition coefficient (Wildman–Crippen LogP) is 5.41. The summed E-state index contributed by atoms with van der Waals surface area (Å²) in [6.45, 7) is 4.15. The van der Waals surface area contributed by atoms with Crippen LogP contribution in [0.2, 0.25) is 0 Å². The first-order chi connectivity index (χ1) is 17.0. The Kier molecular flexibility index (Phi) is 6.40. The Bertz CT molecular complexity index is 1210. The molecule has 0 bridgehead atoms. The second kappa shape index (κ2) is 9.78. The molecule has 6 nitrogen and oxygen atoms in total. The molecule has 1 fully saturated rings. The van der Waals surface area contributed by atoms with Crippen LogP contribution in [0.15, 0.2) is 97.3 Å². The molecule has 0 atom stereocenters. The van der Waals surface area contributed by atoms with Gasteiger partial charge in [-0.3, -0.25) is 4.79 Å². The number of hydrogen-bond acceptors (Lipinski definition) is 4. The molecule has 2 aliphatic rings. The van der Waals surface area contributed by atoms with Gasteiger partial charge in [0.2, 0.25) is 0 Å². The third kappa shape index (κ3) is 5.29. The largest absolute Gasteiger partial charge is 0.369 e. The van der Waals surface area contributed by atoms with Crippen LogP contribution >= 0.6 is 0 Å². The third-order valence-electron chi connectivity index (χ3n) is 6.76. The van der Waals surface area contributed by atoms with Crippen LogP contribution in [0.5, 0.6) is 0 Å². The van der Waals surface area contributed by atoms with E-state index in [1.54, 1.807) is 0 Å². The summed E-state index contributed by atoms with van der Waals surface area (Å²) in [5, 5.41) is 6.42. The Morgan fingerprint density at radius 2 is 1.29 bits per heavy atom. The summed E-state index contributed by atoms with van der Waals surface area (Å²) in [4.78, 5) is 17.4. The second-order valence-corrected chi connectivity index (χ2v) is 9.37. The zero-order valence-electron chi connectivity index (χ0n) is 20.3. The minimum absolute atomic E-state index is 0.104. The van der Waals surface area contributed by atoms with Gasteiger partial charge in [-0.05, 0) is 79.9 Å². The van der Waals surface area contributed by atoms with Gasteiger partial charge in [-0.25, -0.2) is 4.48 Å². The maximum atomic E-state index is 12.7. The van der Waals surface area contributed by atoms with E-state index in [9.17, 15) is 4.79 Å². The van der Waals surface area contributed by atoms with Gasteiger partial charge in [0.1, 0.15) is 18.1 Å². The Balaban J connectivity index is 1.17. The van der Waals surface area contributed by atoms with Crippen LogP contribution in [0.1, 0.15) is 10.4 Å². The van der Waals surface area contributed by atoms with Crippen molar-refractivity contribution in [3.63, 3.8) is 0 Å². The minimum Gasteiger partial charge on any atom is -0.369 e. The minimum atomic E-state index is -0.104. The molecule has 3 aromatic rings. The lowest BCUT2D eigenvalue weighted by Crippen LogP contribution is -2.44. The van der Waals surface area contributed by atoms with Crippen molar-refractivity contribution in [1.82, 2.24) is 9.38 Å². The first-order valence-electron chi connectivity index (χ1n) is 12.0. The number of nitrogens with zero attached hydrogens (tertiary/aromatic N) is 3. The number of carbonyl (C=O) groups is 1. The summed E-state index contributed by atoms with van der Waals surface area (Å²) in [7, 11) is 4.30. The Hall–Kier alpha value is -3.87. The topological polar surface area (TPSA) is 47.6 Å². The Morgan fingerprint density at radius 1 is 0.743 bits per heavy atom. The summed E-state index contributed by atoms with van der Waals surface area (Å²) in [6, 6.07) is 24.1. The number of amides is 1. The number of allylic oxidation sites excluding steroid dienone is 2. The van der Waals surface area contributed by atoms with Gasteiger partial charge in [-0.1, -0.05) is 0 Å². The molecule has 2 heterocycles. The molecule has 1 amide bonds. The van der Waals surface area contributed by atoms with Gasteiger partial charge in [-0.2, -0.15) is 0 Å². The number of nitrogens with one attached hydrogen (secondary N) is 2. The van der Waals surface area contributed by atoms with E-state index in [1.807, 2.05) is 48.5 Å². The average Bonchev–Trinajstić information content (AvgIpc) is 3.34. The van der Waals surface area contributed by atoms with E-state index in [2.05, 4.69) is 83.3 Å². The van der Waals surface area contributed by atoms with Crippen LogP contribution < -0.4 is 20.0 Å². The Morgan fingerprint density at radius 3 is 1.89 bits per heavy atom. The maximum absolute atomic E-state index is 12.7. The molecule has 178 valence electrons. The van der Waals surface area contributed by atoms with Crippen LogP contribution in [-0.4, -0.2) is 51.1 Å². The van der Waals surface area contributed by atoms with E-state index < -0.39 is 0 Å². The number of benzene rings is 3. The molecule has 35 heavy (non-hydrogen) atoms. The highest BCUT2D eigenvalue weighted by Gasteiger charge is 2.21. The summed E-state index contributed by atoms with van der Waals surface area (Å²) in [6.07, 6.45) is 8.43. The summed E-state index contributed by atoms with van der Waals surface area (Å²) < 4.78 is 0.674. The molecule has 3 aromatic carbocycles. The normalized spacial score (nSPS) is 16.9. The smallest absolute Gasteiger partial charge is 0.255 e. The predicted molar refractivity (Wildman–Crippen MR) is 146 cm³/mol. The monoisotopic (exact) mass is 466 g/mol. The van der Waals surface area contributed by atoms with Crippen LogP contribution in [-0.2, 0) is 0 Å². The highest BCUT2D eigenvalue weighted by molar-refractivity contribution is 6.04. The van der Waals surface area contributed by atoms with Crippen LogP contribution in [0.25, 0.3) is 0 Å². The molecular weight excluding hydrogens is 434 g/mol. The van der Waals surface area contributed by atoms with Crippen molar-refractivity contribution in [1.29, 1.82) is 0 Å². The molecule has 2 N–H and O–H groups in total. The van der Waals surface area contributed by atoms with E-state index in [0.717, 1.165) is 43.2 Å². The van der Waals surface area contributed by atoms with Gasteiger partial charge in [-0.15, -0.1) is 0 Å². The number of piperazine rings is 1. The highest BCUT2D eigenvalue weighted by atomic mass is 16.1. The van der Waals surface area contributed by atoms with Crippen molar-refractivity contribution in [2.45, 2.75) is 0 Å². The molecule has 0 spiro atoms. The van der Waals surface area contributed by atoms with Gasteiger partial charge < -0.3 is 20.4 Å². The molecule has 0 unspecified atom stereocenters. The lowest BCUT2D eigenvalue weighted by molar-refractivity contribution is 0.102. The lowest BCUT2D eigenvalue weighted by Gasteiger charge is -2.34. The quantitative estimate of drug-likeness (QED) is 0.477. The molecule has 0 aromatic heterocycles. The molecule has 6 heteroatoms. The number of likely N-dealkylation sites (N-methyl/N-ethyl adjacent to an activating group) is 1. The van der Waals surface area contributed by atoms with Crippen molar-refractivity contribution in [3.05, 3.63) is 103 Å². The number of hydrogen-bond donors (Lipinski definition) is 2. The van der Waals surface area contributed by atoms with Crippen molar-refractivity contribution in [2.24, 2.45) is 0 Å². The van der Waals surface area contributed by atoms with Crippen molar-refractivity contribution < 1.29 is 4.79 Å². The van der Waals surface area contributed by atoms with Gasteiger partial charge in [0.25, 0.3) is 5.91 Å². The SMILES string of the molecule is CN1CCN(c2ccc(C(=O)Nc3ccc(Nc4ccc([N+]5(C)C=CC=C5)cc4)cc3)cc2)CC1. The van der Waals surface area contributed by atoms with Crippen LogP contribution in [0.4, 0.5) is 28.4 Å². The van der Waals surface area contributed by atoms with E-state index in [0.29, 0.717) is 10.0 Å². The van der Waals surface area contributed by atoms with Gasteiger partial charge in [0.05, 0.1) is 7.05 Å². The lowest BCUT2D eigenvalue weighted by atomic mass is 10.1. The van der Waals surface area contributed by atoms with Crippen LogP contribution in [0, 0.1) is 0 Å². The molecule has 5 rings (SSSR count). The third-order valence-corrected chi connectivity index (χ3v) is 6.76. The van der Waals surface area contributed by atoms with Crippen molar-refractivity contribution in [2.75, 3.05) is 55.8 Å². The van der Waals surface area contributed by atoms with Crippen molar-refractivity contribution >= 4 is 34.3 Å². The zero-order valence-corrected chi connectivity index (χ0v) is 20.3. The van der Waals surface area contributed by atoms with Crippen molar-refractivity contribution in [3.8, 4) is 0 Å². The van der Waals surface area contributed by atoms with Gasteiger partial charge in [0, 0.05) is 66.6 Å². The molecular formula is C29H32N5O+. The second-order valence-electron chi connectivity index (χ2n) is 9.37. The number of rotatable bonds is 6. The van der Waals surface area contributed by atoms with E-state index in [-0.39, 0.29) is 5.91 Å². The standard InChI is InChI=1S/C29H31N5O/c1-32-17-19-33(20-18-32)27-13-5-23(6-14-27)29(35)31-26-9-7-24(8-10-26)30-25-11-15-28(16-12-25)34(2)21-3-4-22-34/h3-16,21-22,30H,17-20H2,1-2H3/p+1. The van der Waals surface area contributed by atoms with Gasteiger partial charge >= 0.3 is 0 Å². The van der Waals surface area contributed by atoms with Crippen LogP contribution in [0.3, 0.4) is 0 Å². The summed E-state index contributed by atoms with van der Waals surface area (Å²) >= 11 is 0. The van der Waals surface area contributed by atoms with E-state index >= 15 is 0 Å².